The molecule has 1 N–H and O–H groups in total. The maximum atomic E-state index is 12.7. The molecule has 0 bridgehead atoms. The number of ether oxygens (including phenoxy) is 1. The van der Waals surface area contributed by atoms with Crippen LogP contribution in [0.3, 0.4) is 0 Å². The molecule has 0 aliphatic carbocycles. The maximum absolute atomic E-state index is 12.7. The van der Waals surface area contributed by atoms with Crippen LogP contribution in [-0.4, -0.2) is 46.1 Å². The minimum atomic E-state index is -3.47. The van der Waals surface area contributed by atoms with Crippen LogP contribution in [0.2, 0.25) is 0 Å². The Labute approximate surface area is 127 Å². The fourth-order valence-electron chi connectivity index (χ4n) is 2.58. The maximum Gasteiger partial charge on any atom is 0.243 e. The van der Waals surface area contributed by atoms with Gasteiger partial charge in [0.05, 0.1) is 11.0 Å². The third kappa shape index (κ3) is 3.83. The summed E-state index contributed by atoms with van der Waals surface area (Å²) in [6.07, 6.45) is 1.96. The van der Waals surface area contributed by atoms with Crippen LogP contribution in [0.25, 0.3) is 0 Å². The molecule has 1 atom stereocenters. The molecule has 0 radical (unpaired) electrons. The Bertz CT molecular complexity index is 581. The zero-order chi connectivity index (χ0) is 15.5. The number of aryl methyl sites for hydroxylation is 1. The van der Waals surface area contributed by atoms with Gasteiger partial charge in [0.25, 0.3) is 0 Å². The summed E-state index contributed by atoms with van der Waals surface area (Å²) in [6, 6.07) is 5.57. The van der Waals surface area contributed by atoms with Gasteiger partial charge >= 0.3 is 0 Å². The number of nitrogens with zero attached hydrogens (tertiary/aromatic N) is 1. The molecule has 118 valence electrons. The summed E-state index contributed by atoms with van der Waals surface area (Å²) >= 11 is 0. The smallest absolute Gasteiger partial charge is 0.243 e. The molecule has 1 unspecified atom stereocenters. The van der Waals surface area contributed by atoms with Gasteiger partial charge in [0.15, 0.2) is 0 Å². The minimum Gasteiger partial charge on any atom is -0.377 e. The van der Waals surface area contributed by atoms with Crippen molar-refractivity contribution < 1.29 is 13.2 Å². The molecule has 21 heavy (non-hydrogen) atoms. The number of hydrogen-bond acceptors (Lipinski definition) is 4. The fourth-order valence-corrected chi connectivity index (χ4v) is 4.05. The summed E-state index contributed by atoms with van der Waals surface area (Å²) < 4.78 is 32.4. The molecule has 1 heterocycles. The molecule has 1 fully saturated rings. The van der Waals surface area contributed by atoms with E-state index in [1.54, 1.807) is 13.1 Å². The minimum absolute atomic E-state index is 0.0190. The topological polar surface area (TPSA) is 58.6 Å². The van der Waals surface area contributed by atoms with Gasteiger partial charge in [0.1, 0.15) is 0 Å². The normalized spacial score (nSPS) is 19.3. The first kappa shape index (κ1) is 16.4. The van der Waals surface area contributed by atoms with Crippen molar-refractivity contribution in [3.05, 3.63) is 29.3 Å². The average molecular weight is 312 g/mol. The van der Waals surface area contributed by atoms with Gasteiger partial charge in [0.2, 0.25) is 10.0 Å². The Hall–Kier alpha value is -0.950. The first-order valence-electron chi connectivity index (χ1n) is 7.27. The summed E-state index contributed by atoms with van der Waals surface area (Å²) in [5.74, 6) is 0. The van der Waals surface area contributed by atoms with Crippen molar-refractivity contribution in [2.45, 2.75) is 37.3 Å². The number of hydrogen-bond donors (Lipinski definition) is 1. The molecular formula is C15H24N2O3S. The standard InChI is InChI=1S/C15H24N2O3S/c1-12-6-7-13(10-16-2)9-15(12)21(18,19)17(3)11-14-5-4-8-20-14/h6-7,9,14,16H,4-5,8,10-11H2,1-3H3. The van der Waals surface area contributed by atoms with Crippen molar-refractivity contribution in [1.82, 2.24) is 9.62 Å². The summed E-state index contributed by atoms with van der Waals surface area (Å²) in [5, 5.41) is 3.04. The Morgan fingerprint density at radius 3 is 2.81 bits per heavy atom. The molecular weight excluding hydrogens is 288 g/mol. The summed E-state index contributed by atoms with van der Waals surface area (Å²) in [5.41, 5.74) is 1.74. The Kier molecular flexibility index (Phi) is 5.37. The lowest BCUT2D eigenvalue weighted by Gasteiger charge is -2.22. The van der Waals surface area contributed by atoms with Gasteiger partial charge in [0, 0.05) is 26.7 Å². The number of rotatable bonds is 6. The number of likely N-dealkylation sites (N-methyl/N-ethyl adjacent to an activating group) is 1. The van der Waals surface area contributed by atoms with Gasteiger partial charge in [-0.2, -0.15) is 4.31 Å². The highest BCUT2D eigenvalue weighted by Crippen LogP contribution is 2.22. The van der Waals surface area contributed by atoms with Crippen molar-refractivity contribution in [2.24, 2.45) is 0 Å². The van der Waals surface area contributed by atoms with E-state index in [0.29, 0.717) is 18.0 Å². The summed E-state index contributed by atoms with van der Waals surface area (Å²) in [4.78, 5) is 0.385. The van der Waals surface area contributed by atoms with Crippen molar-refractivity contribution in [1.29, 1.82) is 0 Å². The lowest BCUT2D eigenvalue weighted by atomic mass is 10.1. The van der Waals surface area contributed by atoms with E-state index in [2.05, 4.69) is 5.32 Å². The first-order chi connectivity index (χ1) is 9.95. The second-order valence-corrected chi connectivity index (χ2v) is 7.56. The summed E-state index contributed by atoms with van der Waals surface area (Å²) in [7, 11) is -0.00137. The first-order valence-corrected chi connectivity index (χ1v) is 8.71. The quantitative estimate of drug-likeness (QED) is 0.865. The molecule has 1 saturated heterocycles. The van der Waals surface area contributed by atoms with E-state index in [0.717, 1.165) is 30.6 Å². The van der Waals surface area contributed by atoms with E-state index < -0.39 is 10.0 Å². The largest absolute Gasteiger partial charge is 0.377 e. The Morgan fingerprint density at radius 2 is 2.19 bits per heavy atom. The zero-order valence-electron chi connectivity index (χ0n) is 12.9. The second kappa shape index (κ2) is 6.87. The van der Waals surface area contributed by atoms with E-state index in [4.69, 9.17) is 4.74 Å². The predicted molar refractivity (Wildman–Crippen MR) is 82.7 cm³/mol. The van der Waals surface area contributed by atoms with Crippen LogP contribution in [0.4, 0.5) is 0 Å². The molecule has 5 nitrogen and oxygen atoms in total. The predicted octanol–water partition coefficient (Wildman–Crippen LogP) is 1.51. The molecule has 1 aromatic carbocycles. The number of sulfonamides is 1. The average Bonchev–Trinajstić information content (AvgIpc) is 2.94. The van der Waals surface area contributed by atoms with Crippen LogP contribution in [-0.2, 0) is 21.3 Å². The van der Waals surface area contributed by atoms with Gasteiger partial charge in [-0.1, -0.05) is 12.1 Å². The third-order valence-electron chi connectivity index (χ3n) is 3.81. The van der Waals surface area contributed by atoms with E-state index >= 15 is 0 Å². The molecule has 1 aromatic rings. The molecule has 0 aromatic heterocycles. The van der Waals surface area contributed by atoms with Crippen LogP contribution >= 0.6 is 0 Å². The molecule has 1 aliphatic heterocycles. The van der Waals surface area contributed by atoms with Gasteiger partial charge in [-0.3, -0.25) is 0 Å². The van der Waals surface area contributed by atoms with Gasteiger partial charge < -0.3 is 10.1 Å². The Balaban J connectivity index is 2.22. The SMILES string of the molecule is CNCc1ccc(C)c(S(=O)(=O)N(C)CC2CCCO2)c1. The highest BCUT2D eigenvalue weighted by Gasteiger charge is 2.27. The van der Waals surface area contributed by atoms with Crippen molar-refractivity contribution in [2.75, 3.05) is 27.2 Å². The van der Waals surface area contributed by atoms with Crippen molar-refractivity contribution in [3.63, 3.8) is 0 Å². The van der Waals surface area contributed by atoms with Crippen LogP contribution in [0.5, 0.6) is 0 Å². The van der Waals surface area contributed by atoms with E-state index in [9.17, 15) is 8.42 Å². The van der Waals surface area contributed by atoms with Crippen LogP contribution in [0, 0.1) is 6.92 Å². The molecule has 2 rings (SSSR count). The lowest BCUT2D eigenvalue weighted by molar-refractivity contribution is 0.0979. The van der Waals surface area contributed by atoms with Crippen molar-refractivity contribution >= 4 is 10.0 Å². The van der Waals surface area contributed by atoms with E-state index in [1.165, 1.54) is 4.31 Å². The van der Waals surface area contributed by atoms with Crippen LogP contribution < -0.4 is 5.32 Å². The zero-order valence-corrected chi connectivity index (χ0v) is 13.7. The van der Waals surface area contributed by atoms with E-state index in [-0.39, 0.29) is 6.10 Å². The second-order valence-electron chi connectivity index (χ2n) is 5.55. The fraction of sp³-hybridized carbons (Fsp3) is 0.600. The molecule has 6 heteroatoms. The number of benzene rings is 1. The molecule has 1 aliphatic rings. The highest BCUT2D eigenvalue weighted by atomic mass is 32.2. The molecule has 0 saturated carbocycles. The van der Waals surface area contributed by atoms with Gasteiger partial charge in [-0.25, -0.2) is 8.42 Å². The monoisotopic (exact) mass is 312 g/mol. The summed E-state index contributed by atoms with van der Waals surface area (Å²) in [6.45, 7) is 3.63. The highest BCUT2D eigenvalue weighted by molar-refractivity contribution is 7.89. The number of nitrogens with one attached hydrogen (secondary N) is 1. The van der Waals surface area contributed by atoms with E-state index in [1.807, 2.05) is 26.1 Å². The lowest BCUT2D eigenvalue weighted by Crippen LogP contribution is -2.34. The van der Waals surface area contributed by atoms with Gasteiger partial charge in [-0.15, -0.1) is 0 Å². The molecule has 0 amide bonds. The van der Waals surface area contributed by atoms with Crippen molar-refractivity contribution in [3.8, 4) is 0 Å². The van der Waals surface area contributed by atoms with Gasteiger partial charge in [-0.05, 0) is 44.0 Å². The Morgan fingerprint density at radius 1 is 1.43 bits per heavy atom. The third-order valence-corrected chi connectivity index (χ3v) is 5.77. The van der Waals surface area contributed by atoms with Crippen LogP contribution in [0.1, 0.15) is 24.0 Å². The van der Waals surface area contributed by atoms with Crippen LogP contribution in [0.15, 0.2) is 23.1 Å². The molecule has 0 spiro atoms.